The molecule has 0 saturated carbocycles. The number of hydrogen-bond donors (Lipinski definition) is 1. The molecule has 2 aromatic rings. The molecule has 96 valence electrons. The normalized spacial score (nSPS) is 10.8. The highest BCUT2D eigenvalue weighted by molar-refractivity contribution is 9.10. The first kappa shape index (κ1) is 13.2. The summed E-state index contributed by atoms with van der Waals surface area (Å²) in [6.07, 6.45) is 4.71. The maximum atomic E-state index is 13.0. The van der Waals surface area contributed by atoms with Gasteiger partial charge in [0, 0.05) is 25.4 Å². The first-order valence-electron chi connectivity index (χ1n) is 5.77. The molecule has 0 fully saturated rings. The second-order valence-electron chi connectivity index (χ2n) is 4.20. The summed E-state index contributed by atoms with van der Waals surface area (Å²) in [5.74, 6) is -0.220. The lowest BCUT2D eigenvalue weighted by molar-refractivity contribution is 0.619. The van der Waals surface area contributed by atoms with Crippen molar-refractivity contribution in [1.29, 1.82) is 0 Å². The second-order valence-corrected chi connectivity index (χ2v) is 5.05. The molecule has 5 heteroatoms. The van der Waals surface area contributed by atoms with Gasteiger partial charge in [-0.3, -0.25) is 4.68 Å². The molecule has 1 aromatic carbocycles. The summed E-state index contributed by atoms with van der Waals surface area (Å²) in [6.45, 7) is 1.66. The van der Waals surface area contributed by atoms with Gasteiger partial charge in [-0.25, -0.2) is 4.39 Å². The molecule has 0 aliphatic heterocycles. The van der Waals surface area contributed by atoms with Crippen LogP contribution in [0.25, 0.3) is 0 Å². The maximum absolute atomic E-state index is 13.0. The van der Waals surface area contributed by atoms with Gasteiger partial charge in [0.1, 0.15) is 5.82 Å². The monoisotopic (exact) mass is 311 g/mol. The Morgan fingerprint density at radius 1 is 1.39 bits per heavy atom. The van der Waals surface area contributed by atoms with Crippen molar-refractivity contribution in [3.05, 3.63) is 52.0 Å². The number of nitrogens with zero attached hydrogens (tertiary/aromatic N) is 2. The van der Waals surface area contributed by atoms with E-state index in [-0.39, 0.29) is 5.82 Å². The maximum Gasteiger partial charge on any atom is 0.137 e. The number of nitrogens with one attached hydrogen (secondary N) is 1. The Hall–Kier alpha value is -1.20. The van der Waals surface area contributed by atoms with Crippen LogP contribution in [0.2, 0.25) is 0 Å². The van der Waals surface area contributed by atoms with Crippen LogP contribution in [0.4, 0.5) is 4.39 Å². The van der Waals surface area contributed by atoms with Crippen molar-refractivity contribution in [2.75, 3.05) is 6.54 Å². The van der Waals surface area contributed by atoms with Crippen molar-refractivity contribution in [3.8, 4) is 0 Å². The first-order chi connectivity index (χ1) is 8.65. The van der Waals surface area contributed by atoms with E-state index in [1.807, 2.05) is 31.6 Å². The molecule has 0 atom stereocenters. The molecular formula is C13H15BrFN3. The molecule has 0 aliphatic rings. The Balaban J connectivity index is 1.76. The van der Waals surface area contributed by atoms with Crippen LogP contribution in [-0.4, -0.2) is 16.3 Å². The number of halogens is 2. The smallest absolute Gasteiger partial charge is 0.137 e. The lowest BCUT2D eigenvalue weighted by Gasteiger charge is -2.04. The summed E-state index contributed by atoms with van der Waals surface area (Å²) in [6, 6.07) is 5.12. The molecule has 0 aliphatic carbocycles. The van der Waals surface area contributed by atoms with E-state index in [1.54, 1.807) is 4.68 Å². The third kappa shape index (κ3) is 3.65. The zero-order chi connectivity index (χ0) is 13.0. The van der Waals surface area contributed by atoms with Gasteiger partial charge in [0.05, 0.1) is 10.7 Å². The van der Waals surface area contributed by atoms with Gasteiger partial charge in [0.15, 0.2) is 0 Å². The van der Waals surface area contributed by atoms with Crippen LogP contribution in [0.3, 0.4) is 0 Å². The molecule has 2 rings (SSSR count). The minimum Gasteiger partial charge on any atom is -0.312 e. The third-order valence-electron chi connectivity index (χ3n) is 2.66. The number of hydrogen-bond acceptors (Lipinski definition) is 2. The fraction of sp³-hybridized carbons (Fsp3) is 0.308. The Kier molecular flexibility index (Phi) is 4.49. The molecule has 18 heavy (non-hydrogen) atoms. The zero-order valence-corrected chi connectivity index (χ0v) is 11.7. The highest BCUT2D eigenvalue weighted by atomic mass is 79.9. The van der Waals surface area contributed by atoms with Crippen molar-refractivity contribution in [2.24, 2.45) is 7.05 Å². The Bertz CT molecular complexity index is 525. The minimum atomic E-state index is -0.220. The summed E-state index contributed by atoms with van der Waals surface area (Å²) in [5.41, 5.74) is 2.28. The van der Waals surface area contributed by atoms with E-state index in [4.69, 9.17) is 0 Å². The predicted molar refractivity (Wildman–Crippen MR) is 72.7 cm³/mol. The first-order valence-corrected chi connectivity index (χ1v) is 6.56. The van der Waals surface area contributed by atoms with Crippen molar-refractivity contribution in [3.63, 3.8) is 0 Å². The van der Waals surface area contributed by atoms with Crippen LogP contribution in [0, 0.1) is 5.82 Å². The fourth-order valence-corrected chi connectivity index (χ4v) is 2.15. The highest BCUT2D eigenvalue weighted by Gasteiger charge is 2.00. The average molecular weight is 312 g/mol. The number of aromatic nitrogens is 2. The number of aryl methyl sites for hydroxylation is 1. The SMILES string of the molecule is Cn1cc(CNCCc2ccc(F)c(Br)c2)cn1. The summed E-state index contributed by atoms with van der Waals surface area (Å²) in [7, 11) is 1.90. The quantitative estimate of drug-likeness (QED) is 0.860. The second kappa shape index (κ2) is 6.11. The fourth-order valence-electron chi connectivity index (χ4n) is 1.72. The molecule has 0 bridgehead atoms. The van der Waals surface area contributed by atoms with Crippen LogP contribution in [0.15, 0.2) is 35.1 Å². The summed E-state index contributed by atoms with van der Waals surface area (Å²) in [5, 5.41) is 7.44. The van der Waals surface area contributed by atoms with Gasteiger partial charge in [-0.15, -0.1) is 0 Å². The van der Waals surface area contributed by atoms with Gasteiger partial charge in [-0.1, -0.05) is 6.07 Å². The van der Waals surface area contributed by atoms with Crippen LogP contribution < -0.4 is 5.32 Å². The Morgan fingerprint density at radius 3 is 2.89 bits per heavy atom. The minimum absolute atomic E-state index is 0.220. The number of benzene rings is 1. The van der Waals surface area contributed by atoms with E-state index in [2.05, 4.69) is 26.3 Å². The van der Waals surface area contributed by atoms with Gasteiger partial charge in [-0.05, 0) is 46.6 Å². The van der Waals surface area contributed by atoms with Gasteiger partial charge in [0.25, 0.3) is 0 Å². The molecular weight excluding hydrogens is 297 g/mol. The Morgan fingerprint density at radius 2 is 2.22 bits per heavy atom. The number of rotatable bonds is 5. The van der Waals surface area contributed by atoms with Gasteiger partial charge >= 0.3 is 0 Å². The van der Waals surface area contributed by atoms with Gasteiger partial charge in [-0.2, -0.15) is 5.10 Å². The van der Waals surface area contributed by atoms with Crippen LogP contribution in [0.5, 0.6) is 0 Å². The topological polar surface area (TPSA) is 29.9 Å². The molecule has 0 unspecified atom stereocenters. The molecule has 1 N–H and O–H groups in total. The highest BCUT2D eigenvalue weighted by Crippen LogP contribution is 2.16. The molecule has 3 nitrogen and oxygen atoms in total. The van der Waals surface area contributed by atoms with Crippen molar-refractivity contribution >= 4 is 15.9 Å². The summed E-state index contributed by atoms with van der Waals surface area (Å²) in [4.78, 5) is 0. The van der Waals surface area contributed by atoms with Crippen molar-refractivity contribution < 1.29 is 4.39 Å². The molecule has 0 amide bonds. The van der Waals surface area contributed by atoms with Crippen LogP contribution in [0.1, 0.15) is 11.1 Å². The molecule has 1 heterocycles. The predicted octanol–water partition coefficient (Wildman–Crippen LogP) is 2.65. The third-order valence-corrected chi connectivity index (χ3v) is 3.27. The standard InChI is InChI=1S/C13H15BrFN3/c1-18-9-11(8-17-18)7-16-5-4-10-2-3-13(15)12(14)6-10/h2-3,6,8-9,16H,4-5,7H2,1H3. The molecule has 0 radical (unpaired) electrons. The largest absolute Gasteiger partial charge is 0.312 e. The van der Waals surface area contributed by atoms with E-state index in [0.29, 0.717) is 4.47 Å². The van der Waals surface area contributed by atoms with Gasteiger partial charge < -0.3 is 5.32 Å². The zero-order valence-electron chi connectivity index (χ0n) is 10.2. The van der Waals surface area contributed by atoms with E-state index in [0.717, 1.165) is 30.6 Å². The van der Waals surface area contributed by atoms with E-state index in [1.165, 1.54) is 6.07 Å². The van der Waals surface area contributed by atoms with E-state index in [9.17, 15) is 4.39 Å². The van der Waals surface area contributed by atoms with Gasteiger partial charge in [0.2, 0.25) is 0 Å². The summed E-state index contributed by atoms with van der Waals surface area (Å²) >= 11 is 3.19. The lowest BCUT2D eigenvalue weighted by Crippen LogP contribution is -2.16. The summed E-state index contributed by atoms with van der Waals surface area (Å²) < 4.78 is 15.3. The molecule has 1 aromatic heterocycles. The van der Waals surface area contributed by atoms with Crippen molar-refractivity contribution in [2.45, 2.75) is 13.0 Å². The lowest BCUT2D eigenvalue weighted by atomic mass is 10.1. The molecule has 0 spiro atoms. The Labute approximate surface area is 114 Å². The van der Waals surface area contributed by atoms with E-state index < -0.39 is 0 Å². The van der Waals surface area contributed by atoms with Crippen molar-refractivity contribution in [1.82, 2.24) is 15.1 Å². The average Bonchev–Trinajstić information content (AvgIpc) is 2.75. The van der Waals surface area contributed by atoms with Crippen LogP contribution >= 0.6 is 15.9 Å². The van der Waals surface area contributed by atoms with E-state index >= 15 is 0 Å². The van der Waals surface area contributed by atoms with Crippen LogP contribution in [-0.2, 0) is 20.0 Å². The molecule has 0 saturated heterocycles.